The molecule has 0 bridgehead atoms. The van der Waals surface area contributed by atoms with Crippen LogP contribution in [0.4, 0.5) is 16.2 Å². The average Bonchev–Trinajstić information content (AvgIpc) is 3.47. The molecule has 136 valence electrons. The molecule has 0 saturated heterocycles. The molecule has 1 aliphatic rings. The first kappa shape index (κ1) is 17.9. The van der Waals surface area contributed by atoms with Crippen LogP contribution in [0.25, 0.3) is 0 Å². The Morgan fingerprint density at radius 1 is 1.12 bits per heavy atom. The van der Waals surface area contributed by atoms with Crippen molar-refractivity contribution in [1.29, 1.82) is 0 Å². The zero-order valence-electron chi connectivity index (χ0n) is 14.8. The van der Waals surface area contributed by atoms with Crippen molar-refractivity contribution in [3.63, 3.8) is 0 Å². The first-order valence-electron chi connectivity index (χ1n) is 8.81. The Kier molecular flexibility index (Phi) is 5.53. The molecule has 0 aliphatic heterocycles. The van der Waals surface area contributed by atoms with E-state index in [9.17, 15) is 9.59 Å². The van der Waals surface area contributed by atoms with E-state index >= 15 is 0 Å². The molecule has 3 amide bonds. The molecule has 3 rings (SSSR count). The van der Waals surface area contributed by atoms with Gasteiger partial charge in [0.2, 0.25) is 0 Å². The smallest absolute Gasteiger partial charge is 0.323 e. The van der Waals surface area contributed by atoms with Gasteiger partial charge in [-0.25, -0.2) is 4.79 Å². The summed E-state index contributed by atoms with van der Waals surface area (Å²) in [6.45, 7) is 2.32. The zero-order valence-corrected chi connectivity index (χ0v) is 14.8. The van der Waals surface area contributed by atoms with Crippen molar-refractivity contribution in [1.82, 2.24) is 5.32 Å². The summed E-state index contributed by atoms with van der Waals surface area (Å²) >= 11 is 0. The highest BCUT2D eigenvalue weighted by Crippen LogP contribution is 2.32. The molecule has 0 spiro atoms. The lowest BCUT2D eigenvalue weighted by Gasteiger charge is -2.17. The zero-order chi connectivity index (χ0) is 18.5. The topological polar surface area (TPSA) is 96.2 Å². The highest BCUT2D eigenvalue weighted by Gasteiger charge is 2.31. The maximum absolute atomic E-state index is 12.5. The van der Waals surface area contributed by atoms with E-state index in [4.69, 9.17) is 5.73 Å². The van der Waals surface area contributed by atoms with Crippen LogP contribution in [-0.2, 0) is 0 Å². The highest BCUT2D eigenvalue weighted by molar-refractivity contribution is 6.02. The van der Waals surface area contributed by atoms with E-state index in [2.05, 4.69) is 16.0 Å². The van der Waals surface area contributed by atoms with Gasteiger partial charge in [0.05, 0.1) is 0 Å². The van der Waals surface area contributed by atoms with Crippen molar-refractivity contribution in [2.45, 2.75) is 25.8 Å². The Hall–Kier alpha value is -2.86. The van der Waals surface area contributed by atoms with Crippen molar-refractivity contribution in [2.24, 2.45) is 11.7 Å². The number of amides is 3. The molecule has 1 fully saturated rings. The average molecular weight is 352 g/mol. The van der Waals surface area contributed by atoms with Gasteiger partial charge in [0.1, 0.15) is 0 Å². The molecule has 6 heteroatoms. The number of carbonyl (C=O) groups is 2. The molecule has 1 unspecified atom stereocenters. The second-order valence-electron chi connectivity index (χ2n) is 6.63. The van der Waals surface area contributed by atoms with Gasteiger partial charge in [0.25, 0.3) is 5.91 Å². The molecule has 0 radical (unpaired) electrons. The van der Waals surface area contributed by atoms with E-state index in [1.165, 1.54) is 0 Å². The Morgan fingerprint density at radius 3 is 2.50 bits per heavy atom. The van der Waals surface area contributed by atoms with Crippen molar-refractivity contribution in [3.8, 4) is 0 Å². The van der Waals surface area contributed by atoms with Gasteiger partial charge in [0, 0.05) is 29.5 Å². The summed E-state index contributed by atoms with van der Waals surface area (Å²) in [5.74, 6) is 0.322. The number of nitrogens with two attached hydrogens (primary N) is 1. The molecule has 0 heterocycles. The predicted molar refractivity (Wildman–Crippen MR) is 103 cm³/mol. The molecule has 1 saturated carbocycles. The molecular formula is C20H24N4O2. The van der Waals surface area contributed by atoms with Crippen LogP contribution in [0.15, 0.2) is 48.5 Å². The van der Waals surface area contributed by atoms with Crippen molar-refractivity contribution >= 4 is 23.3 Å². The third-order valence-corrected chi connectivity index (χ3v) is 4.54. The maximum Gasteiger partial charge on any atom is 0.323 e. The van der Waals surface area contributed by atoms with Gasteiger partial charge in [-0.2, -0.15) is 0 Å². The second-order valence-corrected chi connectivity index (χ2v) is 6.63. The van der Waals surface area contributed by atoms with E-state index in [1.54, 1.807) is 24.3 Å². The second kappa shape index (κ2) is 8.01. The van der Waals surface area contributed by atoms with Gasteiger partial charge >= 0.3 is 6.03 Å². The molecule has 2 aromatic carbocycles. The summed E-state index contributed by atoms with van der Waals surface area (Å²) in [6, 6.07) is 14.1. The number of carbonyl (C=O) groups excluding carboxylic acids is 2. The Morgan fingerprint density at radius 2 is 1.85 bits per heavy atom. The summed E-state index contributed by atoms with van der Waals surface area (Å²) in [4.78, 5) is 24.7. The van der Waals surface area contributed by atoms with Crippen LogP contribution >= 0.6 is 0 Å². The van der Waals surface area contributed by atoms with E-state index in [-0.39, 0.29) is 18.0 Å². The van der Waals surface area contributed by atoms with Crippen LogP contribution in [0.5, 0.6) is 0 Å². The monoisotopic (exact) mass is 352 g/mol. The standard InChI is InChI=1S/C20H24N4O2/c1-13-7-8-15(19(25)23-18(12-21)14-9-10-14)11-17(13)24-20(26)22-16-5-3-2-4-6-16/h2-8,11,14,18H,9-10,12,21H2,1H3,(H,23,25)(H2,22,24,26). The Labute approximate surface area is 153 Å². The number of anilines is 2. The van der Waals surface area contributed by atoms with Crippen LogP contribution in [0.2, 0.25) is 0 Å². The van der Waals surface area contributed by atoms with E-state index in [0.29, 0.717) is 29.4 Å². The Bertz CT molecular complexity index is 788. The van der Waals surface area contributed by atoms with E-state index < -0.39 is 0 Å². The van der Waals surface area contributed by atoms with Crippen molar-refractivity contribution < 1.29 is 9.59 Å². The number of nitrogens with one attached hydrogen (secondary N) is 3. The first-order valence-corrected chi connectivity index (χ1v) is 8.81. The largest absolute Gasteiger partial charge is 0.348 e. The molecule has 1 aliphatic carbocycles. The fraction of sp³-hybridized carbons (Fsp3) is 0.300. The lowest BCUT2D eigenvalue weighted by atomic mass is 10.1. The number of rotatable bonds is 6. The molecule has 6 nitrogen and oxygen atoms in total. The minimum atomic E-state index is -0.352. The molecule has 0 aromatic heterocycles. The fourth-order valence-corrected chi connectivity index (χ4v) is 2.82. The molecule has 1 atom stereocenters. The lowest BCUT2D eigenvalue weighted by Crippen LogP contribution is -2.41. The minimum Gasteiger partial charge on any atom is -0.348 e. The third-order valence-electron chi connectivity index (χ3n) is 4.54. The number of urea groups is 1. The SMILES string of the molecule is Cc1ccc(C(=O)NC(CN)C2CC2)cc1NC(=O)Nc1ccccc1. The van der Waals surface area contributed by atoms with Gasteiger partial charge in [-0.15, -0.1) is 0 Å². The fourth-order valence-electron chi connectivity index (χ4n) is 2.82. The van der Waals surface area contributed by atoms with Crippen LogP contribution < -0.4 is 21.7 Å². The first-order chi connectivity index (χ1) is 12.6. The van der Waals surface area contributed by atoms with Crippen LogP contribution in [-0.4, -0.2) is 24.5 Å². The lowest BCUT2D eigenvalue weighted by molar-refractivity contribution is 0.0933. The van der Waals surface area contributed by atoms with Crippen LogP contribution in [0.1, 0.15) is 28.8 Å². The Balaban J connectivity index is 1.66. The number of benzene rings is 2. The normalized spacial score (nSPS) is 14.4. The predicted octanol–water partition coefficient (Wildman–Crippen LogP) is 3.11. The summed E-state index contributed by atoms with van der Waals surface area (Å²) < 4.78 is 0. The van der Waals surface area contributed by atoms with Gasteiger partial charge in [-0.3, -0.25) is 4.79 Å². The summed E-state index contributed by atoms with van der Waals surface area (Å²) in [7, 11) is 0. The van der Waals surface area contributed by atoms with Crippen molar-refractivity contribution in [3.05, 3.63) is 59.7 Å². The van der Waals surface area contributed by atoms with Crippen LogP contribution in [0, 0.1) is 12.8 Å². The van der Waals surface area contributed by atoms with Gasteiger partial charge < -0.3 is 21.7 Å². The minimum absolute atomic E-state index is 0.0154. The molecular weight excluding hydrogens is 328 g/mol. The highest BCUT2D eigenvalue weighted by atomic mass is 16.2. The number of hydrogen-bond donors (Lipinski definition) is 4. The van der Waals surface area contributed by atoms with Crippen molar-refractivity contribution in [2.75, 3.05) is 17.2 Å². The van der Waals surface area contributed by atoms with Gasteiger partial charge in [-0.1, -0.05) is 24.3 Å². The van der Waals surface area contributed by atoms with Gasteiger partial charge in [0.15, 0.2) is 0 Å². The number of aryl methyl sites for hydroxylation is 1. The maximum atomic E-state index is 12.5. The summed E-state index contributed by atoms with van der Waals surface area (Å²) in [5.41, 5.74) is 8.43. The van der Waals surface area contributed by atoms with E-state index in [1.807, 2.05) is 31.2 Å². The quantitative estimate of drug-likeness (QED) is 0.643. The molecule has 2 aromatic rings. The number of hydrogen-bond acceptors (Lipinski definition) is 3. The van der Waals surface area contributed by atoms with Crippen LogP contribution in [0.3, 0.4) is 0 Å². The molecule has 26 heavy (non-hydrogen) atoms. The molecule has 5 N–H and O–H groups in total. The summed E-state index contributed by atoms with van der Waals surface area (Å²) in [6.07, 6.45) is 2.23. The van der Waals surface area contributed by atoms with Gasteiger partial charge in [-0.05, 0) is 55.5 Å². The third kappa shape index (κ3) is 4.61. The number of para-hydroxylation sites is 1. The summed E-state index contributed by atoms with van der Waals surface area (Å²) in [5, 5.41) is 8.56. The van der Waals surface area contributed by atoms with E-state index in [0.717, 1.165) is 18.4 Å².